The van der Waals surface area contributed by atoms with Gasteiger partial charge in [-0.1, -0.05) is 48.6 Å². The number of aliphatic hydroxyl groups excluding tert-OH is 1. The maximum absolute atomic E-state index is 10.8. The highest BCUT2D eigenvalue weighted by Crippen LogP contribution is 2.22. The number of hydrogen-bond donors (Lipinski definition) is 2. The molecule has 3 aromatic rings. The van der Waals surface area contributed by atoms with Crippen LogP contribution in [0.3, 0.4) is 0 Å². The van der Waals surface area contributed by atoms with Crippen LogP contribution in [0.2, 0.25) is 0 Å². The predicted molar refractivity (Wildman–Crippen MR) is 107 cm³/mol. The first kappa shape index (κ1) is 17.3. The van der Waals surface area contributed by atoms with Gasteiger partial charge in [0, 0.05) is 18.2 Å². The largest absolute Gasteiger partial charge is 0.501 e. The summed E-state index contributed by atoms with van der Waals surface area (Å²) >= 11 is 7.09. The molecule has 1 aromatic carbocycles. The molecule has 126 valence electrons. The number of hydrogen-bond acceptors (Lipinski definition) is 3. The van der Waals surface area contributed by atoms with Crippen molar-refractivity contribution in [3.63, 3.8) is 0 Å². The van der Waals surface area contributed by atoms with Crippen LogP contribution in [0.25, 0.3) is 11.5 Å². The Hall–Kier alpha value is -2.50. The molecule has 0 amide bonds. The van der Waals surface area contributed by atoms with Crippen LogP contribution in [0.5, 0.6) is 0 Å². The number of nitrogens with zero attached hydrogens (tertiary/aromatic N) is 1. The van der Waals surface area contributed by atoms with E-state index in [1.165, 1.54) is 11.3 Å². The molecular formula is C20H19N2OS2+. The van der Waals surface area contributed by atoms with Crippen LogP contribution in [-0.4, -0.2) is 10.1 Å². The Morgan fingerprint density at radius 2 is 1.92 bits per heavy atom. The zero-order valence-electron chi connectivity index (χ0n) is 13.8. The second kappa shape index (κ2) is 8.05. The van der Waals surface area contributed by atoms with Gasteiger partial charge in [0.1, 0.15) is 0 Å². The lowest BCUT2D eigenvalue weighted by molar-refractivity contribution is -0.576. The van der Waals surface area contributed by atoms with E-state index in [9.17, 15) is 5.11 Å². The molecule has 0 radical (unpaired) electrons. The molecule has 3 nitrogen and oxygen atoms in total. The standard InChI is InChI=1S/C20H18N2OS2/c1-15-7-5-11-22(14-15)18(19(23)17-10-6-12-25-17)20(24)21-13-16-8-3-2-4-9-16/h2-12,14H,13H2,1H3,(H-,21,23,24)/p+1. The van der Waals surface area contributed by atoms with E-state index >= 15 is 0 Å². The summed E-state index contributed by atoms with van der Waals surface area (Å²) in [5, 5.41) is 16.0. The number of thiophene rings is 1. The van der Waals surface area contributed by atoms with Crippen molar-refractivity contribution in [3.8, 4) is 0 Å². The number of aliphatic hydroxyl groups is 1. The van der Waals surface area contributed by atoms with Gasteiger partial charge in [-0.3, -0.25) is 0 Å². The summed E-state index contributed by atoms with van der Waals surface area (Å²) in [7, 11) is 0. The molecule has 0 aliphatic carbocycles. The third-order valence-electron chi connectivity index (χ3n) is 3.70. The minimum absolute atomic E-state index is 0.177. The van der Waals surface area contributed by atoms with E-state index < -0.39 is 0 Å². The average Bonchev–Trinajstić information content (AvgIpc) is 3.16. The summed E-state index contributed by atoms with van der Waals surface area (Å²) in [6, 6.07) is 17.8. The van der Waals surface area contributed by atoms with Crippen molar-refractivity contribution in [2.24, 2.45) is 0 Å². The van der Waals surface area contributed by atoms with Gasteiger partial charge < -0.3 is 10.4 Å². The van der Waals surface area contributed by atoms with Gasteiger partial charge in [0.2, 0.25) is 5.76 Å². The van der Waals surface area contributed by atoms with Crippen LogP contribution in [0, 0.1) is 6.92 Å². The van der Waals surface area contributed by atoms with E-state index in [1.807, 2.05) is 83.9 Å². The summed E-state index contributed by atoms with van der Waals surface area (Å²) in [5.74, 6) is 0.177. The van der Waals surface area contributed by atoms with Crippen LogP contribution < -0.4 is 9.88 Å². The number of aryl methyl sites for hydroxylation is 1. The fraction of sp³-hybridized carbons (Fsp3) is 0.100. The Morgan fingerprint density at radius 3 is 2.60 bits per heavy atom. The summed E-state index contributed by atoms with van der Waals surface area (Å²) in [6.07, 6.45) is 3.85. The monoisotopic (exact) mass is 367 g/mol. The molecule has 0 unspecified atom stereocenters. The molecule has 25 heavy (non-hydrogen) atoms. The van der Waals surface area contributed by atoms with E-state index in [-0.39, 0.29) is 5.76 Å². The fourth-order valence-corrected chi connectivity index (χ4v) is 3.41. The summed E-state index contributed by atoms with van der Waals surface area (Å²) in [4.78, 5) is 1.29. The lowest BCUT2D eigenvalue weighted by Crippen LogP contribution is -2.41. The molecule has 2 heterocycles. The quantitative estimate of drug-likeness (QED) is 0.305. The third kappa shape index (κ3) is 4.32. The van der Waals surface area contributed by atoms with Crippen LogP contribution in [0.15, 0.2) is 72.4 Å². The lowest BCUT2D eigenvalue weighted by Gasteiger charge is -2.10. The summed E-state index contributed by atoms with van der Waals surface area (Å²) < 4.78 is 1.87. The minimum atomic E-state index is 0.177. The maximum Gasteiger partial charge on any atom is 0.288 e. The Kier molecular flexibility index (Phi) is 5.58. The molecule has 0 fully saturated rings. The topological polar surface area (TPSA) is 36.1 Å². The van der Waals surface area contributed by atoms with E-state index in [0.29, 0.717) is 17.2 Å². The first-order valence-electron chi connectivity index (χ1n) is 7.92. The van der Waals surface area contributed by atoms with Crippen molar-refractivity contribution in [1.82, 2.24) is 5.32 Å². The predicted octanol–water partition coefficient (Wildman–Crippen LogP) is 4.35. The minimum Gasteiger partial charge on any atom is -0.501 e. The van der Waals surface area contributed by atoms with E-state index in [2.05, 4.69) is 5.32 Å². The van der Waals surface area contributed by atoms with Gasteiger partial charge in [0.25, 0.3) is 5.70 Å². The maximum atomic E-state index is 10.8. The molecule has 3 rings (SSSR count). The molecule has 0 spiro atoms. The van der Waals surface area contributed by atoms with Crippen molar-refractivity contribution in [1.29, 1.82) is 0 Å². The third-order valence-corrected chi connectivity index (χ3v) is 4.91. The number of thiocarbonyl (C=S) groups is 1. The fourth-order valence-electron chi connectivity index (χ4n) is 2.47. The van der Waals surface area contributed by atoms with Gasteiger partial charge in [-0.2, -0.15) is 4.57 Å². The number of benzene rings is 1. The van der Waals surface area contributed by atoms with Crippen LogP contribution >= 0.6 is 23.6 Å². The van der Waals surface area contributed by atoms with Gasteiger partial charge in [-0.05, 0) is 30.0 Å². The molecule has 0 aliphatic rings. The zero-order chi connectivity index (χ0) is 17.6. The van der Waals surface area contributed by atoms with Crippen LogP contribution in [0.4, 0.5) is 0 Å². The molecule has 0 saturated carbocycles. The lowest BCUT2D eigenvalue weighted by atomic mass is 10.2. The van der Waals surface area contributed by atoms with Gasteiger partial charge in [-0.15, -0.1) is 11.3 Å². The number of rotatable bonds is 5. The second-order valence-electron chi connectivity index (χ2n) is 5.63. The normalized spacial score (nSPS) is 11.7. The average molecular weight is 368 g/mol. The Morgan fingerprint density at radius 1 is 1.12 bits per heavy atom. The molecule has 0 saturated heterocycles. The highest BCUT2D eigenvalue weighted by molar-refractivity contribution is 7.81. The zero-order valence-corrected chi connectivity index (χ0v) is 15.5. The van der Waals surface area contributed by atoms with E-state index in [0.717, 1.165) is 16.0 Å². The van der Waals surface area contributed by atoms with Crippen molar-refractivity contribution < 1.29 is 9.67 Å². The van der Waals surface area contributed by atoms with Gasteiger partial charge in [0.05, 0.1) is 4.88 Å². The number of pyridine rings is 1. The first-order chi connectivity index (χ1) is 12.1. The summed E-state index contributed by atoms with van der Waals surface area (Å²) in [5.41, 5.74) is 2.80. The van der Waals surface area contributed by atoms with Crippen molar-refractivity contribution >= 4 is 40.0 Å². The molecule has 2 aromatic heterocycles. The van der Waals surface area contributed by atoms with Gasteiger partial charge >= 0.3 is 0 Å². The van der Waals surface area contributed by atoms with E-state index in [1.54, 1.807) is 0 Å². The van der Waals surface area contributed by atoms with Gasteiger partial charge in [0.15, 0.2) is 17.4 Å². The molecule has 0 atom stereocenters. The molecule has 0 aliphatic heterocycles. The van der Waals surface area contributed by atoms with Crippen molar-refractivity contribution in [2.75, 3.05) is 0 Å². The number of aromatic nitrogens is 1. The van der Waals surface area contributed by atoms with Crippen LogP contribution in [0.1, 0.15) is 16.0 Å². The Bertz CT molecular complexity index is 887. The van der Waals surface area contributed by atoms with Crippen molar-refractivity contribution in [3.05, 3.63) is 88.4 Å². The SMILES string of the molecule is Cc1ccc[n+](/C(C(=S)NCc2ccccc2)=C(\O)c2cccs2)c1. The molecule has 0 bridgehead atoms. The molecular weight excluding hydrogens is 348 g/mol. The Labute approximate surface area is 156 Å². The number of nitrogens with one attached hydrogen (secondary N) is 1. The second-order valence-corrected chi connectivity index (χ2v) is 6.99. The van der Waals surface area contributed by atoms with Gasteiger partial charge in [-0.25, -0.2) is 0 Å². The highest BCUT2D eigenvalue weighted by atomic mass is 32.1. The molecule has 2 N–H and O–H groups in total. The van der Waals surface area contributed by atoms with Crippen molar-refractivity contribution in [2.45, 2.75) is 13.5 Å². The first-order valence-corrected chi connectivity index (χ1v) is 9.21. The summed E-state index contributed by atoms with van der Waals surface area (Å²) in [6.45, 7) is 2.62. The van der Waals surface area contributed by atoms with E-state index in [4.69, 9.17) is 12.2 Å². The smallest absolute Gasteiger partial charge is 0.288 e. The van der Waals surface area contributed by atoms with Crippen LogP contribution in [-0.2, 0) is 6.54 Å². The Balaban J connectivity index is 1.94. The highest BCUT2D eigenvalue weighted by Gasteiger charge is 2.24. The molecule has 5 heteroatoms.